The highest BCUT2D eigenvalue weighted by Crippen LogP contribution is 2.05. The summed E-state index contributed by atoms with van der Waals surface area (Å²) < 4.78 is 18.8. The zero-order valence-corrected chi connectivity index (χ0v) is 13.0. The topological polar surface area (TPSA) is 37.7 Å². The average Bonchev–Trinajstić information content (AvgIpc) is 2.50. The van der Waals surface area contributed by atoms with Gasteiger partial charge in [-0.3, -0.25) is 0 Å². The molecule has 0 aliphatic carbocycles. The highest BCUT2D eigenvalue weighted by atomic mass is 32.1. The van der Waals surface area contributed by atoms with E-state index >= 15 is 0 Å². The van der Waals surface area contributed by atoms with E-state index in [1.165, 1.54) is 6.07 Å². The van der Waals surface area contributed by atoms with Gasteiger partial charge in [-0.15, -0.1) is 0 Å². The van der Waals surface area contributed by atoms with Gasteiger partial charge in [0.1, 0.15) is 18.9 Å². The van der Waals surface area contributed by atoms with Crippen LogP contribution in [0.3, 0.4) is 0 Å². The Morgan fingerprint density at radius 3 is 2.67 bits per heavy atom. The fourth-order valence-electron chi connectivity index (χ4n) is 2.34. The van der Waals surface area contributed by atoms with E-state index in [0.29, 0.717) is 23.6 Å². The van der Waals surface area contributed by atoms with Crippen LogP contribution in [0.2, 0.25) is 0 Å². The van der Waals surface area contributed by atoms with Gasteiger partial charge in [0, 0.05) is 6.54 Å². The standard InChI is InChI=1S/C15H22FN3OS/c16-14-4-2-1-3-13(14)5-6-17-15(21)18-7-8-19-9-11-20-12-10-19/h1-4H,5-12H2,(H2,17,18,21)/p+1. The Bertz CT molecular complexity index is 452. The van der Waals surface area contributed by atoms with Gasteiger partial charge < -0.3 is 20.3 Å². The molecule has 1 saturated heterocycles. The first kappa shape index (κ1) is 16.1. The van der Waals surface area contributed by atoms with Gasteiger partial charge >= 0.3 is 0 Å². The molecule has 0 unspecified atom stereocenters. The van der Waals surface area contributed by atoms with Crippen molar-refractivity contribution >= 4 is 17.3 Å². The van der Waals surface area contributed by atoms with E-state index in [4.69, 9.17) is 17.0 Å². The molecule has 1 aromatic rings. The Kier molecular flexibility index (Phi) is 6.85. The lowest BCUT2D eigenvalue weighted by Crippen LogP contribution is -3.14. The molecule has 1 fully saturated rings. The minimum atomic E-state index is -0.158. The monoisotopic (exact) mass is 312 g/mol. The number of hydrogen-bond acceptors (Lipinski definition) is 2. The second-order valence-corrected chi connectivity index (χ2v) is 5.54. The van der Waals surface area contributed by atoms with E-state index in [1.807, 2.05) is 6.07 Å². The summed E-state index contributed by atoms with van der Waals surface area (Å²) in [4.78, 5) is 1.54. The zero-order valence-electron chi connectivity index (χ0n) is 12.2. The number of morpholine rings is 1. The van der Waals surface area contributed by atoms with Crippen molar-refractivity contribution in [2.45, 2.75) is 6.42 Å². The first-order chi connectivity index (χ1) is 10.3. The van der Waals surface area contributed by atoms with Crippen LogP contribution in [0.5, 0.6) is 0 Å². The molecule has 21 heavy (non-hydrogen) atoms. The fourth-order valence-corrected chi connectivity index (χ4v) is 2.54. The number of ether oxygens (including phenoxy) is 1. The first-order valence-electron chi connectivity index (χ1n) is 7.42. The molecule has 6 heteroatoms. The maximum atomic E-state index is 13.4. The number of rotatable bonds is 6. The van der Waals surface area contributed by atoms with E-state index < -0.39 is 0 Å². The molecule has 4 nitrogen and oxygen atoms in total. The van der Waals surface area contributed by atoms with Crippen LogP contribution in [-0.2, 0) is 11.2 Å². The molecular formula is C15H23FN3OS+. The third kappa shape index (κ3) is 5.95. The third-order valence-electron chi connectivity index (χ3n) is 3.60. The number of thiocarbonyl (C=S) groups is 1. The van der Waals surface area contributed by atoms with Crippen LogP contribution < -0.4 is 15.5 Å². The molecule has 0 spiro atoms. The summed E-state index contributed by atoms with van der Waals surface area (Å²) in [6.45, 7) is 6.35. The Balaban J connectivity index is 1.56. The van der Waals surface area contributed by atoms with Crippen molar-refractivity contribution in [1.29, 1.82) is 0 Å². The van der Waals surface area contributed by atoms with Gasteiger partial charge in [-0.1, -0.05) is 18.2 Å². The molecular weight excluding hydrogens is 289 g/mol. The normalized spacial score (nSPS) is 15.7. The molecule has 0 saturated carbocycles. The summed E-state index contributed by atoms with van der Waals surface area (Å²) in [6, 6.07) is 6.83. The van der Waals surface area contributed by atoms with Crippen LogP contribution in [0.4, 0.5) is 4.39 Å². The van der Waals surface area contributed by atoms with Crippen molar-refractivity contribution in [1.82, 2.24) is 10.6 Å². The number of hydrogen-bond donors (Lipinski definition) is 3. The summed E-state index contributed by atoms with van der Waals surface area (Å²) in [5.41, 5.74) is 0.713. The summed E-state index contributed by atoms with van der Waals surface area (Å²) in [6.07, 6.45) is 0.628. The van der Waals surface area contributed by atoms with Crippen molar-refractivity contribution in [2.75, 3.05) is 45.9 Å². The van der Waals surface area contributed by atoms with Gasteiger partial charge in [-0.05, 0) is 30.3 Å². The summed E-state index contributed by atoms with van der Waals surface area (Å²) in [5, 5.41) is 6.95. The summed E-state index contributed by atoms with van der Waals surface area (Å²) in [5.74, 6) is -0.158. The van der Waals surface area contributed by atoms with E-state index in [1.54, 1.807) is 17.0 Å². The van der Waals surface area contributed by atoms with Gasteiger partial charge in [0.05, 0.1) is 26.3 Å². The molecule has 1 heterocycles. The molecule has 116 valence electrons. The van der Waals surface area contributed by atoms with Crippen molar-refractivity contribution in [2.24, 2.45) is 0 Å². The van der Waals surface area contributed by atoms with Gasteiger partial charge in [-0.2, -0.15) is 0 Å². The van der Waals surface area contributed by atoms with Crippen LogP contribution in [0.1, 0.15) is 5.56 Å². The number of nitrogens with one attached hydrogen (secondary N) is 3. The summed E-state index contributed by atoms with van der Waals surface area (Å²) >= 11 is 5.22. The van der Waals surface area contributed by atoms with Crippen LogP contribution >= 0.6 is 12.2 Å². The second-order valence-electron chi connectivity index (χ2n) is 5.14. The molecule has 0 aromatic heterocycles. The van der Waals surface area contributed by atoms with Crippen LogP contribution in [0.25, 0.3) is 0 Å². The maximum Gasteiger partial charge on any atom is 0.166 e. The molecule has 1 aromatic carbocycles. The molecule has 1 aliphatic heterocycles. The first-order valence-corrected chi connectivity index (χ1v) is 7.83. The van der Waals surface area contributed by atoms with E-state index in [9.17, 15) is 4.39 Å². The lowest BCUT2D eigenvalue weighted by atomic mass is 10.1. The smallest absolute Gasteiger partial charge is 0.166 e. The quantitative estimate of drug-likeness (QED) is 0.633. The highest BCUT2D eigenvalue weighted by molar-refractivity contribution is 7.80. The Hall–Kier alpha value is -1.24. The number of benzene rings is 1. The molecule has 1 aliphatic rings. The molecule has 2 rings (SSSR count). The predicted molar refractivity (Wildman–Crippen MR) is 85.1 cm³/mol. The van der Waals surface area contributed by atoms with Crippen molar-refractivity contribution in [3.63, 3.8) is 0 Å². The Morgan fingerprint density at radius 1 is 1.19 bits per heavy atom. The van der Waals surface area contributed by atoms with Crippen LogP contribution in [-0.4, -0.2) is 51.0 Å². The summed E-state index contributed by atoms with van der Waals surface area (Å²) in [7, 11) is 0. The lowest BCUT2D eigenvalue weighted by Gasteiger charge is -2.24. The minimum Gasteiger partial charge on any atom is -0.370 e. The van der Waals surface area contributed by atoms with Gasteiger partial charge in [0.25, 0.3) is 0 Å². The highest BCUT2D eigenvalue weighted by Gasteiger charge is 2.12. The van der Waals surface area contributed by atoms with Crippen molar-refractivity contribution in [3.8, 4) is 0 Å². The maximum absolute atomic E-state index is 13.4. The van der Waals surface area contributed by atoms with Crippen LogP contribution in [0, 0.1) is 5.82 Å². The Morgan fingerprint density at radius 2 is 1.90 bits per heavy atom. The molecule has 0 atom stereocenters. The molecule has 0 bridgehead atoms. The molecule has 0 radical (unpaired) electrons. The predicted octanol–water partition coefficient (Wildman–Crippen LogP) is -0.253. The van der Waals surface area contributed by atoms with Crippen molar-refractivity contribution in [3.05, 3.63) is 35.6 Å². The van der Waals surface area contributed by atoms with E-state index in [2.05, 4.69) is 10.6 Å². The zero-order chi connectivity index (χ0) is 14.9. The second kappa shape index (κ2) is 8.92. The number of quaternary nitrogens is 1. The largest absolute Gasteiger partial charge is 0.370 e. The van der Waals surface area contributed by atoms with Crippen LogP contribution in [0.15, 0.2) is 24.3 Å². The lowest BCUT2D eigenvalue weighted by molar-refractivity contribution is -0.906. The van der Waals surface area contributed by atoms with Gasteiger partial charge in [0.15, 0.2) is 5.11 Å². The molecule has 0 amide bonds. The molecule has 3 N–H and O–H groups in total. The fraction of sp³-hybridized carbons (Fsp3) is 0.533. The van der Waals surface area contributed by atoms with Crippen molar-refractivity contribution < 1.29 is 14.0 Å². The van der Waals surface area contributed by atoms with E-state index in [-0.39, 0.29) is 5.82 Å². The average molecular weight is 312 g/mol. The van der Waals surface area contributed by atoms with E-state index in [0.717, 1.165) is 39.4 Å². The number of halogens is 1. The minimum absolute atomic E-state index is 0.158. The SMILES string of the molecule is Fc1ccccc1CCNC(=S)NCC[NH+]1CCOCC1. The Labute approximate surface area is 130 Å². The van der Waals surface area contributed by atoms with Gasteiger partial charge in [-0.25, -0.2) is 4.39 Å². The van der Waals surface area contributed by atoms with Gasteiger partial charge in [0.2, 0.25) is 0 Å². The third-order valence-corrected chi connectivity index (χ3v) is 3.89.